The van der Waals surface area contributed by atoms with Crippen LogP contribution in [0.1, 0.15) is 26.2 Å². The number of unbranched alkanes of at least 4 members (excludes halogenated alkanes) is 1. The van der Waals surface area contributed by atoms with E-state index in [1.54, 1.807) is 0 Å². The highest BCUT2D eigenvalue weighted by atomic mass is 28.4. The summed E-state index contributed by atoms with van der Waals surface area (Å²) in [6.45, 7) is 16.3. The molecular formula is C16H34O4Si2. The molecule has 6 heteroatoms. The number of hydrogen-bond donors (Lipinski definition) is 0. The second kappa shape index (κ2) is 11.2. The molecule has 0 aliphatic heterocycles. The van der Waals surface area contributed by atoms with E-state index in [0.29, 0.717) is 19.8 Å². The second-order valence-electron chi connectivity index (χ2n) is 6.81. The van der Waals surface area contributed by atoms with Gasteiger partial charge in [0.1, 0.15) is 6.61 Å². The van der Waals surface area contributed by atoms with Gasteiger partial charge in [-0.2, -0.15) is 0 Å². The smallest absolute Gasteiger partial charge is 0.330 e. The highest BCUT2D eigenvalue weighted by molar-refractivity contribution is 6.84. The Balaban J connectivity index is 3.79. The van der Waals surface area contributed by atoms with Gasteiger partial charge >= 0.3 is 5.97 Å². The molecule has 0 rings (SSSR count). The number of rotatable bonds is 13. The van der Waals surface area contributed by atoms with Gasteiger partial charge in [0.15, 0.2) is 16.6 Å². The first-order valence-corrected chi connectivity index (χ1v) is 14.5. The number of carbonyl (C=O) groups is 1. The van der Waals surface area contributed by atoms with Crippen LogP contribution in [0.5, 0.6) is 0 Å². The van der Waals surface area contributed by atoms with Crippen LogP contribution in [-0.4, -0.2) is 42.4 Å². The van der Waals surface area contributed by atoms with Crippen LogP contribution in [0.2, 0.25) is 38.3 Å². The van der Waals surface area contributed by atoms with Gasteiger partial charge < -0.3 is 13.6 Å². The summed E-state index contributed by atoms with van der Waals surface area (Å²) < 4.78 is 16.9. The molecule has 0 bridgehead atoms. The minimum Gasteiger partial charge on any atom is -0.460 e. The van der Waals surface area contributed by atoms with Crippen molar-refractivity contribution in [3.05, 3.63) is 12.7 Å². The Hall–Kier alpha value is -0.436. The first-order valence-electron chi connectivity index (χ1n) is 8.29. The molecule has 0 aliphatic carbocycles. The molecule has 130 valence electrons. The predicted octanol–water partition coefficient (Wildman–Crippen LogP) is 4.35. The molecule has 0 radical (unpaired) electrons. The number of carbonyl (C=O) groups excluding carboxylic acids is 1. The second-order valence-corrected chi connectivity index (χ2v) is 15.7. The topological polar surface area (TPSA) is 44.8 Å². The first-order chi connectivity index (χ1) is 10.2. The van der Waals surface area contributed by atoms with Crippen molar-refractivity contribution in [3.8, 4) is 0 Å². The van der Waals surface area contributed by atoms with E-state index in [1.807, 2.05) is 0 Å². The Kier molecular flexibility index (Phi) is 10.9. The van der Waals surface area contributed by atoms with Crippen molar-refractivity contribution < 1.29 is 18.4 Å². The predicted molar refractivity (Wildman–Crippen MR) is 97.2 cm³/mol. The Labute approximate surface area is 138 Å². The third-order valence-electron chi connectivity index (χ3n) is 3.39. The van der Waals surface area contributed by atoms with Crippen LogP contribution < -0.4 is 0 Å². The molecule has 4 nitrogen and oxygen atoms in total. The Morgan fingerprint density at radius 3 is 2.14 bits per heavy atom. The van der Waals surface area contributed by atoms with Gasteiger partial charge in [-0.3, -0.25) is 0 Å². The van der Waals surface area contributed by atoms with E-state index in [1.165, 1.54) is 18.9 Å². The summed E-state index contributed by atoms with van der Waals surface area (Å²) in [6, 6.07) is 2.37. The minimum atomic E-state index is -1.60. The lowest BCUT2D eigenvalue weighted by atomic mass is 10.4. The summed E-state index contributed by atoms with van der Waals surface area (Å²) in [4.78, 5) is 10.8. The van der Waals surface area contributed by atoms with Gasteiger partial charge in [0.25, 0.3) is 0 Å². The van der Waals surface area contributed by atoms with Crippen LogP contribution in [0.25, 0.3) is 0 Å². The van der Waals surface area contributed by atoms with Crippen molar-refractivity contribution in [2.24, 2.45) is 0 Å². The Bertz CT molecular complexity index is 330. The van der Waals surface area contributed by atoms with Crippen molar-refractivity contribution in [1.29, 1.82) is 0 Å². The Morgan fingerprint density at radius 2 is 1.59 bits per heavy atom. The zero-order chi connectivity index (χ0) is 17.1. The van der Waals surface area contributed by atoms with Crippen LogP contribution >= 0.6 is 0 Å². The van der Waals surface area contributed by atoms with Crippen molar-refractivity contribution in [3.63, 3.8) is 0 Å². The van der Waals surface area contributed by atoms with Crippen molar-refractivity contribution in [2.75, 3.05) is 19.8 Å². The summed E-state index contributed by atoms with van der Waals surface area (Å²) in [5.41, 5.74) is 0. The SMILES string of the molecule is C=CC(=O)OCCOCCC[Si](C)(C)O[Si](C)(C)CCCC. The van der Waals surface area contributed by atoms with Crippen LogP contribution in [0.4, 0.5) is 0 Å². The number of ether oxygens (including phenoxy) is 2. The van der Waals surface area contributed by atoms with Crippen LogP contribution in [-0.2, 0) is 18.4 Å². The normalized spacial score (nSPS) is 12.2. The zero-order valence-corrected chi connectivity index (χ0v) is 17.1. The molecule has 0 heterocycles. The maximum Gasteiger partial charge on any atom is 0.330 e. The minimum absolute atomic E-state index is 0.291. The third-order valence-corrected chi connectivity index (χ3v) is 10.9. The average molecular weight is 347 g/mol. The standard InChI is InChI=1S/C16H34O4Si2/c1-7-9-14-21(3,4)20-22(5,6)15-10-11-18-12-13-19-16(17)8-2/h8H,2,7,9-15H2,1,3-6H3. The molecule has 0 N–H and O–H groups in total. The lowest BCUT2D eigenvalue weighted by molar-refractivity contribution is -0.139. The summed E-state index contributed by atoms with van der Waals surface area (Å²) in [5, 5.41) is 0. The van der Waals surface area contributed by atoms with E-state index >= 15 is 0 Å². The molecule has 0 saturated heterocycles. The van der Waals surface area contributed by atoms with Gasteiger partial charge in [-0.05, 0) is 44.7 Å². The third kappa shape index (κ3) is 12.1. The highest BCUT2D eigenvalue weighted by Crippen LogP contribution is 2.24. The van der Waals surface area contributed by atoms with Gasteiger partial charge in [0, 0.05) is 12.7 Å². The van der Waals surface area contributed by atoms with Gasteiger partial charge in [-0.15, -0.1) is 0 Å². The molecule has 22 heavy (non-hydrogen) atoms. The summed E-state index contributed by atoms with van der Waals surface area (Å²) in [6.07, 6.45) is 4.69. The molecule has 0 fully saturated rings. The fraction of sp³-hybridized carbons (Fsp3) is 0.812. The lowest BCUT2D eigenvalue weighted by Crippen LogP contribution is -2.44. The molecule has 0 aliphatic rings. The molecule has 0 saturated carbocycles. The number of esters is 1. The summed E-state index contributed by atoms with van der Waals surface area (Å²) in [7, 11) is -3.10. The lowest BCUT2D eigenvalue weighted by Gasteiger charge is -2.34. The van der Waals surface area contributed by atoms with Gasteiger partial charge in [-0.25, -0.2) is 4.79 Å². The van der Waals surface area contributed by atoms with E-state index in [2.05, 4.69) is 39.7 Å². The monoisotopic (exact) mass is 346 g/mol. The molecule has 0 amide bonds. The summed E-state index contributed by atoms with van der Waals surface area (Å²) in [5.74, 6) is -0.398. The van der Waals surface area contributed by atoms with Crippen LogP contribution in [0.3, 0.4) is 0 Å². The largest absolute Gasteiger partial charge is 0.460 e. The fourth-order valence-electron chi connectivity index (χ4n) is 2.41. The quantitative estimate of drug-likeness (QED) is 0.215. The van der Waals surface area contributed by atoms with E-state index < -0.39 is 22.6 Å². The van der Waals surface area contributed by atoms with Gasteiger partial charge in [-0.1, -0.05) is 26.3 Å². The van der Waals surface area contributed by atoms with Gasteiger partial charge in [0.2, 0.25) is 0 Å². The average Bonchev–Trinajstić information content (AvgIpc) is 2.42. The molecular weight excluding hydrogens is 312 g/mol. The van der Waals surface area contributed by atoms with Crippen LogP contribution in [0, 0.1) is 0 Å². The molecule has 0 aromatic carbocycles. The van der Waals surface area contributed by atoms with E-state index in [9.17, 15) is 4.79 Å². The maximum atomic E-state index is 10.8. The highest BCUT2D eigenvalue weighted by Gasteiger charge is 2.31. The van der Waals surface area contributed by atoms with Crippen molar-refractivity contribution in [2.45, 2.75) is 64.5 Å². The Morgan fingerprint density at radius 1 is 1.00 bits per heavy atom. The van der Waals surface area contributed by atoms with Crippen LogP contribution in [0.15, 0.2) is 12.7 Å². The molecule has 0 atom stereocenters. The molecule has 0 aromatic heterocycles. The maximum absolute atomic E-state index is 10.8. The van der Waals surface area contributed by atoms with E-state index in [0.717, 1.165) is 18.5 Å². The van der Waals surface area contributed by atoms with E-state index in [-0.39, 0.29) is 0 Å². The van der Waals surface area contributed by atoms with E-state index in [4.69, 9.17) is 13.6 Å². The number of hydrogen-bond acceptors (Lipinski definition) is 4. The molecule has 0 spiro atoms. The molecule has 0 unspecified atom stereocenters. The van der Waals surface area contributed by atoms with Gasteiger partial charge in [0.05, 0.1) is 6.61 Å². The zero-order valence-electron chi connectivity index (χ0n) is 15.1. The van der Waals surface area contributed by atoms with Crippen molar-refractivity contribution in [1.82, 2.24) is 0 Å². The fourth-order valence-corrected chi connectivity index (χ4v) is 11.4. The van der Waals surface area contributed by atoms with Crippen molar-refractivity contribution >= 4 is 22.6 Å². The molecule has 0 aromatic rings. The first kappa shape index (κ1) is 21.6. The summed E-state index contributed by atoms with van der Waals surface area (Å²) >= 11 is 0.